The predicted molar refractivity (Wildman–Crippen MR) is 72.6 cm³/mol. The molecule has 0 aliphatic heterocycles. The van der Waals surface area contributed by atoms with Crippen LogP contribution in [-0.4, -0.2) is 10.9 Å². The van der Waals surface area contributed by atoms with Crippen molar-refractivity contribution in [3.05, 3.63) is 51.2 Å². The molecule has 0 bridgehead atoms. The van der Waals surface area contributed by atoms with E-state index in [1.54, 1.807) is 24.4 Å². The fraction of sp³-hybridized carbons (Fsp3) is 0.0833. The lowest BCUT2D eigenvalue weighted by Gasteiger charge is -2.08. The summed E-state index contributed by atoms with van der Waals surface area (Å²) in [4.78, 5) is 14.8. The van der Waals surface area contributed by atoms with Crippen LogP contribution in [0, 0.1) is 6.92 Å². The molecule has 1 heterocycles. The minimum Gasteiger partial charge on any atom is -0.356 e. The molecule has 0 radical (unpaired) electrons. The van der Waals surface area contributed by atoms with Gasteiger partial charge in [-0.1, -0.05) is 17.7 Å². The number of amides is 1. The van der Waals surface area contributed by atoms with Crippen LogP contribution in [0.3, 0.4) is 0 Å². The Morgan fingerprint density at radius 3 is 2.88 bits per heavy atom. The second kappa shape index (κ2) is 4.94. The van der Waals surface area contributed by atoms with Crippen LogP contribution in [0.5, 0.6) is 0 Å². The van der Waals surface area contributed by atoms with Gasteiger partial charge >= 0.3 is 0 Å². The number of aromatic nitrogens is 1. The van der Waals surface area contributed by atoms with Crippen LogP contribution in [0.15, 0.2) is 34.9 Å². The fourth-order valence-corrected chi connectivity index (χ4v) is 1.95. The maximum Gasteiger partial charge on any atom is 0.272 e. The first-order valence-corrected chi connectivity index (χ1v) is 6.15. The van der Waals surface area contributed by atoms with E-state index in [-0.39, 0.29) is 5.91 Å². The van der Waals surface area contributed by atoms with Gasteiger partial charge in [0.15, 0.2) is 0 Å². The zero-order chi connectivity index (χ0) is 12.4. The van der Waals surface area contributed by atoms with Gasteiger partial charge in [-0.2, -0.15) is 0 Å². The number of benzene rings is 1. The van der Waals surface area contributed by atoms with Crippen molar-refractivity contribution in [3.63, 3.8) is 0 Å². The van der Waals surface area contributed by atoms with E-state index in [0.717, 1.165) is 10.0 Å². The molecule has 1 aromatic heterocycles. The van der Waals surface area contributed by atoms with Gasteiger partial charge in [0.2, 0.25) is 0 Å². The van der Waals surface area contributed by atoms with Crippen molar-refractivity contribution < 1.29 is 4.79 Å². The van der Waals surface area contributed by atoms with E-state index in [0.29, 0.717) is 16.4 Å². The molecule has 5 heteroatoms. The zero-order valence-electron chi connectivity index (χ0n) is 9.05. The van der Waals surface area contributed by atoms with Gasteiger partial charge in [-0.05, 0) is 46.6 Å². The molecule has 2 rings (SSSR count). The van der Waals surface area contributed by atoms with Crippen LogP contribution in [0.2, 0.25) is 5.02 Å². The molecular formula is C12H10BrClN2O. The maximum absolute atomic E-state index is 11.9. The Hall–Kier alpha value is -1.26. The molecule has 0 spiro atoms. The van der Waals surface area contributed by atoms with Crippen molar-refractivity contribution in [1.82, 2.24) is 4.98 Å². The Labute approximate surface area is 112 Å². The summed E-state index contributed by atoms with van der Waals surface area (Å²) in [7, 11) is 0. The smallest absolute Gasteiger partial charge is 0.272 e. The molecular weight excluding hydrogens is 304 g/mol. The summed E-state index contributed by atoms with van der Waals surface area (Å²) in [6.07, 6.45) is 1.71. The molecule has 0 saturated carbocycles. The first-order chi connectivity index (χ1) is 8.08. The number of hydrogen-bond donors (Lipinski definition) is 2. The van der Waals surface area contributed by atoms with Crippen LogP contribution < -0.4 is 5.32 Å². The van der Waals surface area contributed by atoms with Gasteiger partial charge in [0.05, 0.1) is 0 Å². The highest BCUT2D eigenvalue weighted by Gasteiger charge is 2.10. The molecule has 3 nitrogen and oxygen atoms in total. The average Bonchev–Trinajstić information content (AvgIpc) is 2.72. The summed E-state index contributed by atoms with van der Waals surface area (Å²) in [5.74, 6) is -0.193. The largest absolute Gasteiger partial charge is 0.356 e. The molecule has 0 aliphatic carbocycles. The van der Waals surface area contributed by atoms with Gasteiger partial charge in [-0.3, -0.25) is 4.79 Å². The number of hydrogen-bond acceptors (Lipinski definition) is 1. The Kier molecular flexibility index (Phi) is 3.54. The van der Waals surface area contributed by atoms with E-state index in [9.17, 15) is 4.79 Å². The van der Waals surface area contributed by atoms with E-state index in [1.807, 2.05) is 13.0 Å². The van der Waals surface area contributed by atoms with Crippen LogP contribution in [0.25, 0.3) is 0 Å². The highest BCUT2D eigenvalue weighted by Crippen LogP contribution is 2.23. The highest BCUT2D eigenvalue weighted by atomic mass is 79.9. The minimum atomic E-state index is -0.193. The molecule has 17 heavy (non-hydrogen) atoms. The second-order valence-corrected chi connectivity index (χ2v) is 4.92. The fourth-order valence-electron chi connectivity index (χ4n) is 1.43. The third-order valence-corrected chi connectivity index (χ3v) is 3.28. The molecule has 0 atom stereocenters. The molecule has 2 N–H and O–H groups in total. The second-order valence-electron chi connectivity index (χ2n) is 3.60. The third-order valence-electron chi connectivity index (χ3n) is 2.41. The number of aromatic amines is 1. The predicted octanol–water partition coefficient (Wildman–Crippen LogP) is 3.99. The third kappa shape index (κ3) is 2.70. The highest BCUT2D eigenvalue weighted by molar-refractivity contribution is 9.10. The lowest BCUT2D eigenvalue weighted by atomic mass is 10.2. The Bertz CT molecular complexity index is 565. The number of rotatable bonds is 2. The minimum absolute atomic E-state index is 0.193. The topological polar surface area (TPSA) is 44.9 Å². The van der Waals surface area contributed by atoms with E-state index in [1.165, 1.54) is 0 Å². The van der Waals surface area contributed by atoms with E-state index in [2.05, 4.69) is 26.2 Å². The first kappa shape index (κ1) is 12.2. The van der Waals surface area contributed by atoms with E-state index < -0.39 is 0 Å². The Morgan fingerprint density at radius 2 is 2.24 bits per heavy atom. The van der Waals surface area contributed by atoms with Crippen LogP contribution in [-0.2, 0) is 0 Å². The number of carbonyl (C=O) groups excluding carboxylic acids is 1. The van der Waals surface area contributed by atoms with Crippen LogP contribution >= 0.6 is 27.5 Å². The van der Waals surface area contributed by atoms with Crippen molar-refractivity contribution in [2.75, 3.05) is 5.32 Å². The number of nitrogens with one attached hydrogen (secondary N) is 2. The monoisotopic (exact) mass is 312 g/mol. The molecule has 1 aromatic carbocycles. The molecule has 0 fully saturated rings. The number of H-pyrrole nitrogens is 1. The summed E-state index contributed by atoms with van der Waals surface area (Å²) < 4.78 is 0.838. The standard InChI is InChI=1S/C12H10BrClN2O/c1-7-9(14)3-2-4-10(7)16-12(17)11-5-8(13)6-15-11/h2-6,15H,1H3,(H,16,17). The van der Waals surface area contributed by atoms with Crippen molar-refractivity contribution >= 4 is 39.1 Å². The van der Waals surface area contributed by atoms with Gasteiger partial charge in [0.1, 0.15) is 5.69 Å². The normalized spacial score (nSPS) is 10.3. The summed E-state index contributed by atoms with van der Waals surface area (Å²) >= 11 is 9.26. The van der Waals surface area contributed by atoms with Gasteiger partial charge in [0, 0.05) is 21.4 Å². The molecule has 2 aromatic rings. The number of halogens is 2. The van der Waals surface area contributed by atoms with Gasteiger partial charge < -0.3 is 10.3 Å². The Balaban J connectivity index is 2.21. The van der Waals surface area contributed by atoms with Gasteiger partial charge in [0.25, 0.3) is 5.91 Å². The molecule has 0 unspecified atom stereocenters. The SMILES string of the molecule is Cc1c(Cl)cccc1NC(=O)c1cc(Br)c[nH]1. The zero-order valence-corrected chi connectivity index (χ0v) is 11.4. The maximum atomic E-state index is 11.9. The van der Waals surface area contributed by atoms with Crippen LogP contribution in [0.1, 0.15) is 16.1 Å². The number of anilines is 1. The molecule has 0 saturated heterocycles. The van der Waals surface area contributed by atoms with Crippen molar-refractivity contribution in [1.29, 1.82) is 0 Å². The van der Waals surface area contributed by atoms with Crippen molar-refractivity contribution in [3.8, 4) is 0 Å². The number of carbonyl (C=O) groups is 1. The summed E-state index contributed by atoms with van der Waals surface area (Å²) in [5, 5.41) is 3.44. The average molecular weight is 314 g/mol. The molecule has 88 valence electrons. The molecule has 0 aliphatic rings. The van der Waals surface area contributed by atoms with Crippen LogP contribution in [0.4, 0.5) is 5.69 Å². The molecule has 1 amide bonds. The summed E-state index contributed by atoms with van der Waals surface area (Å²) in [6, 6.07) is 7.12. The first-order valence-electron chi connectivity index (χ1n) is 4.98. The lowest BCUT2D eigenvalue weighted by Crippen LogP contribution is -2.13. The quantitative estimate of drug-likeness (QED) is 0.865. The van der Waals surface area contributed by atoms with Crippen molar-refractivity contribution in [2.45, 2.75) is 6.92 Å². The summed E-state index contributed by atoms with van der Waals surface area (Å²) in [5.41, 5.74) is 2.07. The van der Waals surface area contributed by atoms with Crippen molar-refractivity contribution in [2.24, 2.45) is 0 Å². The van der Waals surface area contributed by atoms with E-state index in [4.69, 9.17) is 11.6 Å². The summed E-state index contributed by atoms with van der Waals surface area (Å²) in [6.45, 7) is 1.86. The lowest BCUT2D eigenvalue weighted by molar-refractivity contribution is 0.102. The van der Waals surface area contributed by atoms with Gasteiger partial charge in [-0.15, -0.1) is 0 Å². The van der Waals surface area contributed by atoms with E-state index >= 15 is 0 Å². The van der Waals surface area contributed by atoms with Gasteiger partial charge in [-0.25, -0.2) is 0 Å². The Morgan fingerprint density at radius 1 is 1.47 bits per heavy atom.